The zero-order valence-corrected chi connectivity index (χ0v) is 13.3. The summed E-state index contributed by atoms with van der Waals surface area (Å²) in [4.78, 5) is 17.0. The first kappa shape index (κ1) is 14.4. The molecule has 4 nitrogen and oxygen atoms in total. The van der Waals surface area contributed by atoms with Gasteiger partial charge in [-0.2, -0.15) is 0 Å². The highest BCUT2D eigenvalue weighted by Gasteiger charge is 2.20. The lowest BCUT2D eigenvalue weighted by Gasteiger charge is -2.31. The SMILES string of the molecule is CN1CCN(CC(=O)c2cc3c(ccc4ccccc43)o2)CC1. The summed E-state index contributed by atoms with van der Waals surface area (Å²) in [7, 11) is 2.11. The Bertz CT molecular complexity index is 860. The fourth-order valence-corrected chi connectivity index (χ4v) is 3.22. The zero-order chi connectivity index (χ0) is 15.8. The normalized spacial score (nSPS) is 17.1. The molecule has 0 unspecified atom stereocenters. The summed E-state index contributed by atoms with van der Waals surface area (Å²) in [6.45, 7) is 4.33. The van der Waals surface area contributed by atoms with Crippen molar-refractivity contribution in [1.82, 2.24) is 9.80 Å². The Labute approximate surface area is 135 Å². The number of furan rings is 1. The van der Waals surface area contributed by atoms with Crippen LogP contribution in [0.1, 0.15) is 10.6 Å². The fraction of sp³-hybridized carbons (Fsp3) is 0.316. The number of nitrogens with zero attached hydrogens (tertiary/aromatic N) is 2. The third-order valence-electron chi connectivity index (χ3n) is 4.66. The second-order valence-electron chi connectivity index (χ2n) is 6.31. The molecule has 1 aromatic heterocycles. The standard InChI is InChI=1S/C19H20N2O2/c1-20-8-10-21(11-9-20)13-17(22)19-12-16-15-5-3-2-4-14(15)6-7-18(16)23-19/h2-7,12H,8-11,13H2,1H3. The molecule has 0 radical (unpaired) electrons. The smallest absolute Gasteiger partial charge is 0.211 e. The van der Waals surface area contributed by atoms with Gasteiger partial charge in [0.15, 0.2) is 5.76 Å². The number of Topliss-reactive ketones (excluding diaryl/α,β-unsaturated/α-hetero) is 1. The van der Waals surface area contributed by atoms with Gasteiger partial charge in [-0.15, -0.1) is 0 Å². The number of benzene rings is 2. The topological polar surface area (TPSA) is 36.7 Å². The van der Waals surface area contributed by atoms with Gasteiger partial charge in [-0.1, -0.05) is 30.3 Å². The van der Waals surface area contributed by atoms with Crippen LogP contribution in [0.3, 0.4) is 0 Å². The first-order chi connectivity index (χ1) is 11.2. The molecular weight excluding hydrogens is 288 g/mol. The van der Waals surface area contributed by atoms with Crippen LogP contribution in [0.5, 0.6) is 0 Å². The van der Waals surface area contributed by atoms with Crippen molar-refractivity contribution in [2.24, 2.45) is 0 Å². The van der Waals surface area contributed by atoms with Crippen LogP contribution < -0.4 is 0 Å². The van der Waals surface area contributed by atoms with Gasteiger partial charge in [0.25, 0.3) is 0 Å². The van der Waals surface area contributed by atoms with E-state index in [4.69, 9.17) is 4.42 Å². The number of ketones is 1. The predicted octanol–water partition coefficient (Wildman–Crippen LogP) is 3.02. The maximum atomic E-state index is 12.6. The lowest BCUT2D eigenvalue weighted by Crippen LogP contribution is -2.46. The minimum absolute atomic E-state index is 0.0647. The lowest BCUT2D eigenvalue weighted by atomic mass is 10.1. The van der Waals surface area contributed by atoms with Crippen molar-refractivity contribution in [1.29, 1.82) is 0 Å². The molecule has 23 heavy (non-hydrogen) atoms. The Hall–Kier alpha value is -2.17. The minimum Gasteiger partial charge on any atom is -0.453 e. The average molecular weight is 308 g/mol. The second-order valence-corrected chi connectivity index (χ2v) is 6.31. The Morgan fingerprint density at radius 1 is 1.04 bits per heavy atom. The van der Waals surface area contributed by atoms with Crippen LogP contribution in [0.25, 0.3) is 21.7 Å². The van der Waals surface area contributed by atoms with E-state index in [9.17, 15) is 4.79 Å². The number of rotatable bonds is 3. The molecule has 1 fully saturated rings. The maximum absolute atomic E-state index is 12.6. The van der Waals surface area contributed by atoms with Crippen LogP contribution in [0.15, 0.2) is 46.9 Å². The highest BCUT2D eigenvalue weighted by Crippen LogP contribution is 2.28. The van der Waals surface area contributed by atoms with Gasteiger partial charge in [-0.05, 0) is 30.0 Å². The summed E-state index contributed by atoms with van der Waals surface area (Å²) < 4.78 is 5.81. The van der Waals surface area contributed by atoms with Gasteiger partial charge in [-0.25, -0.2) is 0 Å². The Kier molecular flexibility index (Phi) is 3.63. The highest BCUT2D eigenvalue weighted by atomic mass is 16.3. The van der Waals surface area contributed by atoms with Crippen molar-refractivity contribution in [3.05, 3.63) is 48.2 Å². The molecule has 2 heterocycles. The van der Waals surface area contributed by atoms with E-state index < -0.39 is 0 Å². The van der Waals surface area contributed by atoms with Crippen LogP contribution >= 0.6 is 0 Å². The van der Waals surface area contributed by atoms with Crippen molar-refractivity contribution in [3.63, 3.8) is 0 Å². The van der Waals surface area contributed by atoms with E-state index in [0.29, 0.717) is 12.3 Å². The summed E-state index contributed by atoms with van der Waals surface area (Å²) in [6.07, 6.45) is 0. The number of carbonyl (C=O) groups is 1. The molecule has 0 bridgehead atoms. The molecule has 118 valence electrons. The molecule has 1 saturated heterocycles. The van der Waals surface area contributed by atoms with E-state index in [2.05, 4.69) is 29.0 Å². The molecule has 3 aromatic rings. The van der Waals surface area contributed by atoms with E-state index in [1.807, 2.05) is 30.3 Å². The summed E-state index contributed by atoms with van der Waals surface area (Å²) in [5.74, 6) is 0.533. The first-order valence-corrected chi connectivity index (χ1v) is 8.06. The monoisotopic (exact) mass is 308 g/mol. The van der Waals surface area contributed by atoms with Gasteiger partial charge in [0, 0.05) is 31.6 Å². The average Bonchev–Trinajstić information content (AvgIpc) is 3.02. The van der Waals surface area contributed by atoms with E-state index in [1.165, 1.54) is 5.39 Å². The molecule has 4 heteroatoms. The third kappa shape index (κ3) is 2.76. The van der Waals surface area contributed by atoms with Crippen molar-refractivity contribution < 1.29 is 9.21 Å². The van der Waals surface area contributed by atoms with Gasteiger partial charge < -0.3 is 9.32 Å². The Morgan fingerprint density at radius 2 is 1.83 bits per heavy atom. The summed E-state index contributed by atoms with van der Waals surface area (Å²) in [5, 5.41) is 3.32. The first-order valence-electron chi connectivity index (χ1n) is 8.06. The molecule has 0 spiro atoms. The second kappa shape index (κ2) is 5.80. The molecule has 0 atom stereocenters. The number of likely N-dealkylation sites (N-methyl/N-ethyl adjacent to an activating group) is 1. The van der Waals surface area contributed by atoms with Crippen molar-refractivity contribution in [3.8, 4) is 0 Å². The van der Waals surface area contributed by atoms with Crippen molar-refractivity contribution in [2.45, 2.75) is 0 Å². The maximum Gasteiger partial charge on any atom is 0.211 e. The fourth-order valence-electron chi connectivity index (χ4n) is 3.22. The molecule has 4 rings (SSSR count). The van der Waals surface area contributed by atoms with Gasteiger partial charge >= 0.3 is 0 Å². The Balaban J connectivity index is 1.61. The van der Waals surface area contributed by atoms with Gasteiger partial charge in [0.05, 0.1) is 6.54 Å². The molecular formula is C19H20N2O2. The van der Waals surface area contributed by atoms with Gasteiger partial charge in [0.1, 0.15) is 5.58 Å². The van der Waals surface area contributed by atoms with E-state index in [1.54, 1.807) is 0 Å². The van der Waals surface area contributed by atoms with Crippen molar-refractivity contribution >= 4 is 27.5 Å². The van der Waals surface area contributed by atoms with E-state index in [0.717, 1.165) is 42.5 Å². The van der Waals surface area contributed by atoms with Crippen LogP contribution in [-0.2, 0) is 0 Å². The summed E-state index contributed by atoms with van der Waals surface area (Å²) >= 11 is 0. The zero-order valence-electron chi connectivity index (χ0n) is 13.3. The molecule has 1 aliphatic rings. The van der Waals surface area contributed by atoms with Crippen LogP contribution in [0.2, 0.25) is 0 Å². The number of piperazine rings is 1. The molecule has 0 amide bonds. The van der Waals surface area contributed by atoms with E-state index in [-0.39, 0.29) is 5.78 Å². The molecule has 2 aromatic carbocycles. The molecule has 0 N–H and O–H groups in total. The number of fused-ring (bicyclic) bond motifs is 3. The summed E-state index contributed by atoms with van der Waals surface area (Å²) in [5.41, 5.74) is 0.783. The van der Waals surface area contributed by atoms with Gasteiger partial charge in [-0.3, -0.25) is 9.69 Å². The van der Waals surface area contributed by atoms with Crippen LogP contribution in [-0.4, -0.2) is 55.4 Å². The number of hydrogen-bond donors (Lipinski definition) is 0. The van der Waals surface area contributed by atoms with Crippen LogP contribution in [0.4, 0.5) is 0 Å². The summed E-state index contributed by atoms with van der Waals surface area (Å²) in [6, 6.07) is 14.1. The lowest BCUT2D eigenvalue weighted by molar-refractivity contribution is 0.0852. The largest absolute Gasteiger partial charge is 0.453 e. The third-order valence-corrected chi connectivity index (χ3v) is 4.66. The Morgan fingerprint density at radius 3 is 2.65 bits per heavy atom. The van der Waals surface area contributed by atoms with E-state index >= 15 is 0 Å². The molecule has 1 aliphatic heterocycles. The quantitative estimate of drug-likeness (QED) is 0.697. The number of hydrogen-bond acceptors (Lipinski definition) is 4. The van der Waals surface area contributed by atoms with Gasteiger partial charge in [0.2, 0.25) is 5.78 Å². The molecule has 0 saturated carbocycles. The predicted molar refractivity (Wildman–Crippen MR) is 92.0 cm³/mol. The highest BCUT2D eigenvalue weighted by molar-refractivity contribution is 6.09. The van der Waals surface area contributed by atoms with Crippen LogP contribution in [0, 0.1) is 0 Å². The van der Waals surface area contributed by atoms with Crippen molar-refractivity contribution in [2.75, 3.05) is 39.8 Å². The minimum atomic E-state index is 0.0647. The number of carbonyl (C=O) groups excluding carboxylic acids is 1. The molecule has 0 aliphatic carbocycles.